The molecule has 2 aromatic carbocycles. The number of carbonyl (C=O) groups is 1. The van der Waals surface area contributed by atoms with Crippen LogP contribution in [0.4, 0.5) is 8.78 Å². The Balaban J connectivity index is 1.61. The van der Waals surface area contributed by atoms with Gasteiger partial charge in [-0.3, -0.25) is 4.79 Å². The molecule has 0 spiro atoms. The summed E-state index contributed by atoms with van der Waals surface area (Å²) in [5.41, 5.74) is 1.12. The second-order valence-corrected chi connectivity index (χ2v) is 6.52. The molecule has 144 valence electrons. The van der Waals surface area contributed by atoms with Crippen LogP contribution in [-0.2, 0) is 6.54 Å². The molecular formula is C20H23F2N2O3+. The molecule has 7 heteroatoms. The van der Waals surface area contributed by atoms with Crippen LogP contribution in [0, 0.1) is 11.6 Å². The summed E-state index contributed by atoms with van der Waals surface area (Å²) in [6.45, 7) is 3.19. The summed E-state index contributed by atoms with van der Waals surface area (Å²) in [5, 5.41) is 0. The van der Waals surface area contributed by atoms with Crippen molar-refractivity contribution in [2.75, 3.05) is 40.4 Å². The normalized spacial score (nSPS) is 14.9. The Bertz CT molecular complexity index is 821. The Kier molecular flexibility index (Phi) is 5.91. The second-order valence-electron chi connectivity index (χ2n) is 6.52. The Labute approximate surface area is 157 Å². The molecular weight excluding hydrogens is 354 g/mol. The van der Waals surface area contributed by atoms with Crippen molar-refractivity contribution in [3.05, 3.63) is 59.2 Å². The van der Waals surface area contributed by atoms with Crippen molar-refractivity contribution in [3.8, 4) is 11.5 Å². The third-order valence-corrected chi connectivity index (χ3v) is 4.84. The first-order valence-corrected chi connectivity index (χ1v) is 8.80. The molecule has 1 heterocycles. The van der Waals surface area contributed by atoms with Gasteiger partial charge >= 0.3 is 0 Å². The summed E-state index contributed by atoms with van der Waals surface area (Å²) in [7, 11) is 2.95. The predicted octanol–water partition coefficient (Wildman–Crippen LogP) is 1.52. The fourth-order valence-electron chi connectivity index (χ4n) is 3.34. The highest BCUT2D eigenvalue weighted by Gasteiger charge is 2.26. The summed E-state index contributed by atoms with van der Waals surface area (Å²) >= 11 is 0. The Hall–Kier alpha value is -2.67. The van der Waals surface area contributed by atoms with Crippen molar-refractivity contribution >= 4 is 5.91 Å². The lowest BCUT2D eigenvalue weighted by Gasteiger charge is -2.32. The van der Waals surface area contributed by atoms with Gasteiger partial charge in [0.05, 0.1) is 46.0 Å². The van der Waals surface area contributed by atoms with Crippen molar-refractivity contribution in [2.45, 2.75) is 6.54 Å². The number of quaternary nitrogens is 1. The van der Waals surface area contributed by atoms with Crippen LogP contribution in [0.5, 0.6) is 11.5 Å². The first-order valence-electron chi connectivity index (χ1n) is 8.80. The molecule has 1 saturated heterocycles. The summed E-state index contributed by atoms with van der Waals surface area (Å²) in [4.78, 5) is 15.6. The van der Waals surface area contributed by atoms with Crippen LogP contribution in [-0.4, -0.2) is 51.2 Å². The minimum atomic E-state index is -0.550. The molecule has 27 heavy (non-hydrogen) atoms. The Morgan fingerprint density at radius 3 is 2.33 bits per heavy atom. The Morgan fingerprint density at radius 1 is 1.04 bits per heavy atom. The topological polar surface area (TPSA) is 43.2 Å². The number of methoxy groups -OCH3 is 2. The van der Waals surface area contributed by atoms with Crippen molar-refractivity contribution < 1.29 is 27.9 Å². The van der Waals surface area contributed by atoms with Gasteiger partial charge in [0.25, 0.3) is 5.91 Å². The molecule has 0 unspecified atom stereocenters. The zero-order valence-electron chi connectivity index (χ0n) is 15.4. The highest BCUT2D eigenvalue weighted by molar-refractivity contribution is 5.94. The van der Waals surface area contributed by atoms with E-state index < -0.39 is 5.82 Å². The van der Waals surface area contributed by atoms with Gasteiger partial charge < -0.3 is 19.3 Å². The van der Waals surface area contributed by atoms with E-state index in [0.717, 1.165) is 18.7 Å². The largest absolute Gasteiger partial charge is 0.496 e. The number of halogens is 2. The maximum atomic E-state index is 13.8. The predicted molar refractivity (Wildman–Crippen MR) is 96.2 cm³/mol. The SMILES string of the molecule is COc1ccc(C(=O)N2CC[NH+](Cc3cc(F)ccc3OC)CC2)cc1F. The molecule has 0 atom stereocenters. The summed E-state index contributed by atoms with van der Waals surface area (Å²) in [6.07, 6.45) is 0. The molecule has 2 aromatic rings. The molecule has 0 saturated carbocycles. The van der Waals surface area contributed by atoms with E-state index in [2.05, 4.69) is 0 Å². The number of hydrogen-bond donors (Lipinski definition) is 1. The van der Waals surface area contributed by atoms with Crippen LogP contribution in [0.15, 0.2) is 36.4 Å². The van der Waals surface area contributed by atoms with E-state index >= 15 is 0 Å². The van der Waals surface area contributed by atoms with E-state index in [4.69, 9.17) is 9.47 Å². The van der Waals surface area contributed by atoms with Gasteiger partial charge in [0, 0.05) is 5.56 Å². The van der Waals surface area contributed by atoms with Crippen LogP contribution in [0.3, 0.4) is 0 Å². The third-order valence-electron chi connectivity index (χ3n) is 4.84. The standard InChI is InChI=1S/C20H22F2N2O3/c1-26-18-6-4-16(21)11-15(18)13-23-7-9-24(10-8-23)20(25)14-3-5-19(27-2)17(22)12-14/h3-6,11-12H,7-10,13H2,1-2H3/p+1. The highest BCUT2D eigenvalue weighted by Crippen LogP contribution is 2.20. The van der Waals surface area contributed by atoms with Gasteiger partial charge in [-0.2, -0.15) is 0 Å². The molecule has 0 bridgehead atoms. The zero-order valence-corrected chi connectivity index (χ0v) is 15.4. The van der Waals surface area contributed by atoms with Crippen molar-refractivity contribution in [1.82, 2.24) is 4.90 Å². The van der Waals surface area contributed by atoms with Crippen LogP contribution in [0.1, 0.15) is 15.9 Å². The van der Waals surface area contributed by atoms with Crippen LogP contribution in [0.25, 0.3) is 0 Å². The van der Waals surface area contributed by atoms with Crippen molar-refractivity contribution in [3.63, 3.8) is 0 Å². The maximum absolute atomic E-state index is 13.8. The molecule has 0 aromatic heterocycles. The van der Waals surface area contributed by atoms with Gasteiger partial charge in [-0.05, 0) is 36.4 Å². The lowest BCUT2D eigenvalue weighted by atomic mass is 10.1. The van der Waals surface area contributed by atoms with Gasteiger partial charge in [0.2, 0.25) is 0 Å². The minimum Gasteiger partial charge on any atom is -0.496 e. The zero-order chi connectivity index (χ0) is 19.4. The molecule has 1 aliphatic rings. The first kappa shape index (κ1) is 19.1. The van der Waals surface area contributed by atoms with Gasteiger partial charge in [0.15, 0.2) is 11.6 Å². The second kappa shape index (κ2) is 8.35. The first-order chi connectivity index (χ1) is 13.0. The number of nitrogens with one attached hydrogen (secondary N) is 1. The van der Waals surface area contributed by atoms with Crippen LogP contribution in [0.2, 0.25) is 0 Å². The monoisotopic (exact) mass is 377 g/mol. The summed E-state index contributed by atoms with van der Waals surface area (Å²) in [6, 6.07) is 8.73. The van der Waals surface area contributed by atoms with Crippen molar-refractivity contribution in [1.29, 1.82) is 0 Å². The lowest BCUT2D eigenvalue weighted by Crippen LogP contribution is -3.13. The maximum Gasteiger partial charge on any atom is 0.254 e. The third kappa shape index (κ3) is 4.36. The molecule has 1 amide bonds. The van der Waals surface area contributed by atoms with Crippen molar-refractivity contribution in [2.24, 2.45) is 0 Å². The van der Waals surface area contributed by atoms with E-state index in [-0.39, 0.29) is 17.5 Å². The van der Waals surface area contributed by atoms with E-state index in [0.29, 0.717) is 30.9 Å². The van der Waals surface area contributed by atoms with E-state index in [9.17, 15) is 13.6 Å². The fourth-order valence-corrected chi connectivity index (χ4v) is 3.34. The number of piperazine rings is 1. The molecule has 0 radical (unpaired) electrons. The fraction of sp³-hybridized carbons (Fsp3) is 0.350. The summed E-state index contributed by atoms with van der Waals surface area (Å²) in [5.74, 6) is -0.258. The average Bonchev–Trinajstić information content (AvgIpc) is 2.68. The molecule has 1 aliphatic heterocycles. The van der Waals surface area contributed by atoms with E-state index in [1.807, 2.05) is 0 Å². The van der Waals surface area contributed by atoms with Gasteiger partial charge in [-0.1, -0.05) is 0 Å². The van der Waals surface area contributed by atoms with Crippen LogP contribution >= 0.6 is 0 Å². The molecule has 3 rings (SSSR count). The van der Waals surface area contributed by atoms with E-state index in [1.165, 1.54) is 36.3 Å². The van der Waals surface area contributed by atoms with Crippen LogP contribution < -0.4 is 14.4 Å². The number of benzene rings is 2. The molecule has 0 aliphatic carbocycles. The van der Waals surface area contributed by atoms with Gasteiger partial charge in [-0.15, -0.1) is 0 Å². The minimum absolute atomic E-state index is 0.116. The smallest absolute Gasteiger partial charge is 0.254 e. The van der Waals surface area contributed by atoms with Gasteiger partial charge in [0.1, 0.15) is 18.1 Å². The molecule has 1 fully saturated rings. The van der Waals surface area contributed by atoms with Gasteiger partial charge in [-0.25, -0.2) is 8.78 Å². The number of nitrogens with zero attached hydrogens (tertiary/aromatic N) is 1. The number of amides is 1. The number of carbonyl (C=O) groups excluding carboxylic acids is 1. The number of ether oxygens (including phenoxy) is 2. The summed E-state index contributed by atoms with van der Waals surface area (Å²) < 4.78 is 37.5. The molecule has 1 N–H and O–H groups in total. The number of rotatable bonds is 5. The quantitative estimate of drug-likeness (QED) is 0.859. The molecule has 5 nitrogen and oxygen atoms in total. The highest BCUT2D eigenvalue weighted by atomic mass is 19.1. The number of hydrogen-bond acceptors (Lipinski definition) is 3. The lowest BCUT2D eigenvalue weighted by molar-refractivity contribution is -0.917. The Morgan fingerprint density at radius 2 is 1.70 bits per heavy atom. The van der Waals surface area contributed by atoms with E-state index in [1.54, 1.807) is 24.1 Å². The average molecular weight is 377 g/mol.